The number of benzene rings is 1. The first kappa shape index (κ1) is 17.3. The fraction of sp³-hybridized carbons (Fsp3) is 0.526. The molecule has 1 aromatic carbocycles. The van der Waals surface area contributed by atoms with Gasteiger partial charge in [0.25, 0.3) is 0 Å². The van der Waals surface area contributed by atoms with Crippen molar-refractivity contribution in [1.29, 1.82) is 0 Å². The van der Waals surface area contributed by atoms with Crippen molar-refractivity contribution in [1.82, 2.24) is 9.80 Å². The number of phenolic OH excluding ortho intramolecular Hbond substituents is 1. The average Bonchev–Trinajstić information content (AvgIpc) is 2.97. The van der Waals surface area contributed by atoms with E-state index in [1.54, 1.807) is 18.2 Å². The SMILES string of the molecule is C/C(=C\c1cc(Cl)ccc1O)CN1CCCC(N2CCCC2=O)C1. The number of carbonyl (C=O) groups excluding carboxylic acids is 1. The van der Waals surface area contributed by atoms with Crippen LogP contribution in [0.15, 0.2) is 23.8 Å². The van der Waals surface area contributed by atoms with Crippen LogP contribution in [0.2, 0.25) is 5.02 Å². The van der Waals surface area contributed by atoms with Gasteiger partial charge in [0.15, 0.2) is 0 Å². The van der Waals surface area contributed by atoms with Crippen LogP contribution in [0.5, 0.6) is 5.75 Å². The number of hydrogen-bond acceptors (Lipinski definition) is 3. The molecule has 2 fully saturated rings. The van der Waals surface area contributed by atoms with E-state index in [0.29, 0.717) is 23.4 Å². The molecule has 0 aliphatic carbocycles. The standard InChI is InChI=1S/C19H25ClN2O2/c1-14(10-15-11-16(20)6-7-18(15)23)12-21-8-2-4-17(13-21)22-9-3-5-19(22)24/h6-7,10-11,17,23H,2-5,8-9,12-13H2,1H3/b14-10+. The molecular formula is C19H25ClN2O2. The molecule has 2 heterocycles. The number of halogens is 1. The van der Waals surface area contributed by atoms with E-state index >= 15 is 0 Å². The molecule has 0 spiro atoms. The number of phenols is 1. The maximum Gasteiger partial charge on any atom is 0.222 e. The minimum Gasteiger partial charge on any atom is -0.507 e. The lowest BCUT2D eigenvalue weighted by Gasteiger charge is -2.37. The van der Waals surface area contributed by atoms with Crippen LogP contribution in [0.1, 0.15) is 38.2 Å². The van der Waals surface area contributed by atoms with E-state index in [9.17, 15) is 9.90 Å². The maximum atomic E-state index is 12.0. The van der Waals surface area contributed by atoms with Gasteiger partial charge < -0.3 is 10.0 Å². The fourth-order valence-corrected chi connectivity index (χ4v) is 3.97. The van der Waals surface area contributed by atoms with Crippen LogP contribution < -0.4 is 0 Å². The molecule has 3 rings (SSSR count). The number of aromatic hydroxyl groups is 1. The lowest BCUT2D eigenvalue weighted by atomic mass is 10.0. The van der Waals surface area contributed by atoms with E-state index in [1.165, 1.54) is 5.57 Å². The minimum absolute atomic E-state index is 0.248. The zero-order valence-electron chi connectivity index (χ0n) is 14.2. The Morgan fingerprint density at radius 3 is 2.96 bits per heavy atom. The summed E-state index contributed by atoms with van der Waals surface area (Å²) in [6, 6.07) is 5.45. The smallest absolute Gasteiger partial charge is 0.222 e. The molecule has 1 unspecified atom stereocenters. The summed E-state index contributed by atoms with van der Waals surface area (Å²) in [4.78, 5) is 16.5. The highest BCUT2D eigenvalue weighted by Gasteiger charge is 2.31. The number of piperidine rings is 1. The van der Waals surface area contributed by atoms with Gasteiger partial charge in [-0.15, -0.1) is 0 Å². The van der Waals surface area contributed by atoms with Crippen molar-refractivity contribution in [2.24, 2.45) is 0 Å². The summed E-state index contributed by atoms with van der Waals surface area (Å²) >= 11 is 6.01. The third kappa shape index (κ3) is 4.11. The molecule has 24 heavy (non-hydrogen) atoms. The summed E-state index contributed by atoms with van der Waals surface area (Å²) in [6.07, 6.45) is 5.95. The average molecular weight is 349 g/mol. The second-order valence-corrected chi connectivity index (χ2v) is 7.35. The summed E-state index contributed by atoms with van der Waals surface area (Å²) in [5.41, 5.74) is 1.93. The summed E-state index contributed by atoms with van der Waals surface area (Å²) in [5.74, 6) is 0.566. The Balaban J connectivity index is 1.63. The van der Waals surface area contributed by atoms with Crippen molar-refractivity contribution < 1.29 is 9.90 Å². The van der Waals surface area contributed by atoms with Crippen molar-refractivity contribution in [3.8, 4) is 5.75 Å². The monoisotopic (exact) mass is 348 g/mol. The van der Waals surface area contributed by atoms with Gasteiger partial charge in [-0.1, -0.05) is 23.3 Å². The Kier molecular flexibility index (Phi) is 5.47. The molecule has 2 aliphatic heterocycles. The highest BCUT2D eigenvalue weighted by molar-refractivity contribution is 6.30. The molecule has 4 nitrogen and oxygen atoms in total. The van der Waals surface area contributed by atoms with Crippen LogP contribution in [0.25, 0.3) is 6.08 Å². The summed E-state index contributed by atoms with van der Waals surface area (Å²) < 4.78 is 0. The first-order valence-corrected chi connectivity index (χ1v) is 9.08. The predicted molar refractivity (Wildman–Crippen MR) is 97.2 cm³/mol. The zero-order valence-corrected chi connectivity index (χ0v) is 14.9. The largest absolute Gasteiger partial charge is 0.507 e. The third-order valence-corrected chi connectivity index (χ3v) is 5.13. The molecule has 1 atom stereocenters. The minimum atomic E-state index is 0.248. The predicted octanol–water partition coefficient (Wildman–Crippen LogP) is 3.54. The molecule has 130 valence electrons. The topological polar surface area (TPSA) is 43.8 Å². The molecule has 0 radical (unpaired) electrons. The number of likely N-dealkylation sites (tertiary alicyclic amines) is 2. The molecule has 1 amide bonds. The van der Waals surface area contributed by atoms with Crippen LogP contribution in [-0.2, 0) is 4.79 Å². The van der Waals surface area contributed by atoms with Gasteiger partial charge in [-0.3, -0.25) is 9.69 Å². The Hall–Kier alpha value is -1.52. The Morgan fingerprint density at radius 1 is 1.38 bits per heavy atom. The molecule has 5 heteroatoms. The second kappa shape index (κ2) is 7.58. The summed E-state index contributed by atoms with van der Waals surface area (Å²) in [6.45, 7) is 5.85. The van der Waals surface area contributed by atoms with E-state index < -0.39 is 0 Å². The van der Waals surface area contributed by atoms with E-state index in [0.717, 1.165) is 51.0 Å². The van der Waals surface area contributed by atoms with E-state index in [2.05, 4.69) is 16.7 Å². The van der Waals surface area contributed by atoms with Crippen LogP contribution in [0.4, 0.5) is 0 Å². The molecule has 0 aromatic heterocycles. The first-order chi connectivity index (χ1) is 11.5. The molecular weight excluding hydrogens is 324 g/mol. The number of carbonyl (C=O) groups is 1. The highest BCUT2D eigenvalue weighted by atomic mass is 35.5. The quantitative estimate of drug-likeness (QED) is 0.905. The van der Waals surface area contributed by atoms with Gasteiger partial charge in [-0.25, -0.2) is 0 Å². The van der Waals surface area contributed by atoms with Crippen molar-refractivity contribution in [2.75, 3.05) is 26.2 Å². The lowest BCUT2D eigenvalue weighted by molar-refractivity contribution is -0.130. The van der Waals surface area contributed by atoms with Gasteiger partial charge in [-0.05, 0) is 50.9 Å². The zero-order chi connectivity index (χ0) is 17.1. The van der Waals surface area contributed by atoms with E-state index in [-0.39, 0.29) is 5.75 Å². The van der Waals surface area contributed by atoms with E-state index in [1.807, 2.05) is 6.08 Å². The lowest BCUT2D eigenvalue weighted by Crippen LogP contribution is -2.48. The van der Waals surface area contributed by atoms with Crippen molar-refractivity contribution in [3.63, 3.8) is 0 Å². The Morgan fingerprint density at radius 2 is 2.21 bits per heavy atom. The molecule has 1 N–H and O–H groups in total. The number of hydrogen-bond donors (Lipinski definition) is 1. The molecule has 0 bridgehead atoms. The van der Waals surface area contributed by atoms with Gasteiger partial charge in [0.05, 0.1) is 0 Å². The van der Waals surface area contributed by atoms with Crippen molar-refractivity contribution in [3.05, 3.63) is 34.4 Å². The van der Waals surface area contributed by atoms with Gasteiger partial charge in [0.1, 0.15) is 5.75 Å². The number of rotatable bonds is 4. The molecule has 2 aliphatic rings. The molecule has 1 aromatic rings. The van der Waals surface area contributed by atoms with E-state index in [4.69, 9.17) is 11.6 Å². The Labute approximate surface area is 148 Å². The third-order valence-electron chi connectivity index (χ3n) is 4.90. The second-order valence-electron chi connectivity index (χ2n) is 6.92. The fourth-order valence-electron chi connectivity index (χ4n) is 3.79. The summed E-state index contributed by atoms with van der Waals surface area (Å²) in [7, 11) is 0. The van der Waals surface area contributed by atoms with Crippen LogP contribution >= 0.6 is 11.6 Å². The van der Waals surface area contributed by atoms with Gasteiger partial charge >= 0.3 is 0 Å². The van der Waals surface area contributed by atoms with Gasteiger partial charge in [-0.2, -0.15) is 0 Å². The van der Waals surface area contributed by atoms with Crippen molar-refractivity contribution in [2.45, 2.75) is 38.6 Å². The Bertz CT molecular complexity index is 644. The van der Waals surface area contributed by atoms with Crippen molar-refractivity contribution >= 4 is 23.6 Å². The maximum absolute atomic E-state index is 12.0. The van der Waals surface area contributed by atoms with Gasteiger partial charge in [0.2, 0.25) is 5.91 Å². The normalized spacial score (nSPS) is 23.1. The number of amides is 1. The van der Waals surface area contributed by atoms with Crippen LogP contribution in [-0.4, -0.2) is 53.0 Å². The van der Waals surface area contributed by atoms with Crippen LogP contribution in [0, 0.1) is 0 Å². The van der Waals surface area contributed by atoms with Crippen LogP contribution in [0.3, 0.4) is 0 Å². The first-order valence-electron chi connectivity index (χ1n) is 8.70. The summed E-state index contributed by atoms with van der Waals surface area (Å²) in [5, 5.41) is 10.6. The molecule has 0 saturated carbocycles. The van der Waals surface area contributed by atoms with Gasteiger partial charge in [0, 0.05) is 42.7 Å². The number of nitrogens with zero attached hydrogens (tertiary/aromatic N) is 2. The molecule has 2 saturated heterocycles. The highest BCUT2D eigenvalue weighted by Crippen LogP contribution is 2.25.